The molecule has 0 bridgehead atoms. The molecular formula is C11H20BrNO. The highest BCUT2D eigenvalue weighted by Crippen LogP contribution is 2.21. The summed E-state index contributed by atoms with van der Waals surface area (Å²) in [6, 6.07) is 0.419. The number of piperidine rings is 1. The van der Waals surface area contributed by atoms with Gasteiger partial charge in [-0.1, -0.05) is 35.7 Å². The third kappa shape index (κ3) is 2.97. The Bertz CT molecular complexity index is 196. The van der Waals surface area contributed by atoms with Crippen LogP contribution in [0.5, 0.6) is 0 Å². The topological polar surface area (TPSA) is 20.3 Å². The minimum Gasteiger partial charge on any atom is -0.339 e. The number of nitrogens with zero attached hydrogens (tertiary/aromatic N) is 1. The molecule has 0 aliphatic carbocycles. The second-order valence-electron chi connectivity index (χ2n) is 4.13. The van der Waals surface area contributed by atoms with E-state index in [2.05, 4.69) is 29.8 Å². The summed E-state index contributed by atoms with van der Waals surface area (Å²) in [5.41, 5.74) is 0. The van der Waals surface area contributed by atoms with Gasteiger partial charge in [-0.2, -0.15) is 0 Å². The molecule has 1 saturated heterocycles. The molecule has 82 valence electrons. The number of alkyl halides is 1. The van der Waals surface area contributed by atoms with Gasteiger partial charge in [-0.3, -0.25) is 4.79 Å². The average molecular weight is 262 g/mol. The Labute approximate surface area is 95.2 Å². The van der Waals surface area contributed by atoms with Crippen LogP contribution < -0.4 is 0 Å². The number of halogens is 1. The summed E-state index contributed by atoms with van der Waals surface area (Å²) in [5.74, 6) is 0.292. The zero-order chi connectivity index (χ0) is 10.6. The highest BCUT2D eigenvalue weighted by atomic mass is 79.9. The molecule has 3 heteroatoms. The molecule has 0 saturated carbocycles. The highest BCUT2D eigenvalue weighted by Gasteiger charge is 2.29. The first-order valence-electron chi connectivity index (χ1n) is 5.61. The summed E-state index contributed by atoms with van der Waals surface area (Å²) in [6.45, 7) is 5.31. The fourth-order valence-electron chi connectivity index (χ4n) is 1.95. The first kappa shape index (κ1) is 12.0. The maximum atomic E-state index is 11.8. The van der Waals surface area contributed by atoms with E-state index < -0.39 is 0 Å². The second kappa shape index (κ2) is 5.74. The minimum absolute atomic E-state index is 0.0697. The van der Waals surface area contributed by atoms with Gasteiger partial charge in [-0.05, 0) is 26.2 Å². The van der Waals surface area contributed by atoms with Crippen molar-refractivity contribution in [1.29, 1.82) is 0 Å². The van der Waals surface area contributed by atoms with Crippen LogP contribution in [0.4, 0.5) is 0 Å². The molecule has 0 aromatic rings. The number of rotatable bonds is 4. The molecule has 0 spiro atoms. The van der Waals surface area contributed by atoms with Gasteiger partial charge in [-0.25, -0.2) is 0 Å². The predicted molar refractivity (Wildman–Crippen MR) is 62.6 cm³/mol. The average Bonchev–Trinajstić information content (AvgIpc) is 2.18. The molecule has 2 atom stereocenters. The molecule has 0 radical (unpaired) electrons. The molecule has 0 aromatic heterocycles. The van der Waals surface area contributed by atoms with Crippen molar-refractivity contribution >= 4 is 21.8 Å². The van der Waals surface area contributed by atoms with Gasteiger partial charge in [0.2, 0.25) is 5.91 Å². The Balaban J connectivity index is 2.44. The van der Waals surface area contributed by atoms with Crippen LogP contribution in [0, 0.1) is 0 Å². The lowest BCUT2D eigenvalue weighted by Crippen LogP contribution is -2.46. The summed E-state index contributed by atoms with van der Waals surface area (Å²) < 4.78 is 0. The van der Waals surface area contributed by atoms with E-state index in [1.54, 1.807) is 0 Å². The second-order valence-corrected chi connectivity index (χ2v) is 5.24. The zero-order valence-corrected chi connectivity index (χ0v) is 10.7. The highest BCUT2D eigenvalue weighted by molar-refractivity contribution is 9.10. The van der Waals surface area contributed by atoms with Crippen molar-refractivity contribution in [2.75, 3.05) is 6.54 Å². The van der Waals surface area contributed by atoms with Gasteiger partial charge < -0.3 is 4.90 Å². The van der Waals surface area contributed by atoms with Crippen molar-refractivity contribution in [3.05, 3.63) is 0 Å². The monoisotopic (exact) mass is 261 g/mol. The summed E-state index contributed by atoms with van der Waals surface area (Å²) in [6.07, 6.45) is 5.71. The molecule has 2 unspecified atom stereocenters. The van der Waals surface area contributed by atoms with Gasteiger partial charge in [0.05, 0.1) is 4.83 Å². The van der Waals surface area contributed by atoms with Crippen molar-refractivity contribution in [2.24, 2.45) is 0 Å². The van der Waals surface area contributed by atoms with Gasteiger partial charge in [0, 0.05) is 12.6 Å². The largest absolute Gasteiger partial charge is 0.339 e. The lowest BCUT2D eigenvalue weighted by Gasteiger charge is -2.34. The third-order valence-electron chi connectivity index (χ3n) is 2.92. The van der Waals surface area contributed by atoms with Crippen LogP contribution in [0.15, 0.2) is 0 Å². The van der Waals surface area contributed by atoms with Crippen molar-refractivity contribution in [1.82, 2.24) is 4.90 Å². The summed E-state index contributed by atoms with van der Waals surface area (Å²) in [7, 11) is 0. The molecule has 0 aromatic carbocycles. The quantitative estimate of drug-likeness (QED) is 0.713. The van der Waals surface area contributed by atoms with Crippen molar-refractivity contribution in [3.63, 3.8) is 0 Å². The number of unbranched alkanes of at least 4 members (excludes halogenated alkanes) is 1. The molecule has 1 fully saturated rings. The van der Waals surface area contributed by atoms with Crippen LogP contribution in [0.1, 0.15) is 46.0 Å². The van der Waals surface area contributed by atoms with Crippen LogP contribution in [0.3, 0.4) is 0 Å². The zero-order valence-electron chi connectivity index (χ0n) is 9.13. The fraction of sp³-hybridized carbons (Fsp3) is 0.909. The number of amides is 1. The lowest BCUT2D eigenvalue weighted by molar-refractivity contribution is -0.134. The van der Waals surface area contributed by atoms with Crippen LogP contribution in [0.2, 0.25) is 0 Å². The minimum atomic E-state index is 0.0697. The third-order valence-corrected chi connectivity index (χ3v) is 3.76. The number of hydrogen-bond donors (Lipinski definition) is 0. The molecular weight excluding hydrogens is 242 g/mol. The normalized spacial score (nSPS) is 25.2. The van der Waals surface area contributed by atoms with Gasteiger partial charge in [0.25, 0.3) is 0 Å². The summed E-state index contributed by atoms with van der Waals surface area (Å²) >= 11 is 3.44. The first-order valence-corrected chi connectivity index (χ1v) is 6.53. The van der Waals surface area contributed by atoms with E-state index in [1.165, 1.54) is 12.8 Å². The van der Waals surface area contributed by atoms with Crippen molar-refractivity contribution < 1.29 is 4.79 Å². The van der Waals surface area contributed by atoms with Gasteiger partial charge >= 0.3 is 0 Å². The standard InChI is InChI=1S/C11H20BrNO/c1-3-4-6-9(2)13-8-5-7-10(12)11(13)14/h9-10H,3-8H2,1-2H3. The number of carbonyl (C=O) groups is 1. The van der Waals surface area contributed by atoms with Crippen LogP contribution >= 0.6 is 15.9 Å². The molecule has 1 amide bonds. The molecule has 2 nitrogen and oxygen atoms in total. The number of likely N-dealkylation sites (tertiary alicyclic amines) is 1. The molecule has 1 aliphatic heterocycles. The molecule has 1 aliphatic rings. The number of carbonyl (C=O) groups excluding carboxylic acids is 1. The molecule has 1 heterocycles. The Morgan fingerprint density at radius 1 is 1.64 bits per heavy atom. The maximum absolute atomic E-state index is 11.8. The van der Waals surface area contributed by atoms with Gasteiger partial charge in [-0.15, -0.1) is 0 Å². The van der Waals surface area contributed by atoms with E-state index in [0.717, 1.165) is 25.8 Å². The Kier molecular flexibility index (Phi) is 4.93. The maximum Gasteiger partial charge on any atom is 0.236 e. The van der Waals surface area contributed by atoms with Gasteiger partial charge in [0.1, 0.15) is 0 Å². The lowest BCUT2D eigenvalue weighted by atomic mass is 10.0. The molecule has 0 N–H and O–H groups in total. The smallest absolute Gasteiger partial charge is 0.236 e. The Morgan fingerprint density at radius 3 is 3.00 bits per heavy atom. The van der Waals surface area contributed by atoms with Crippen LogP contribution in [0.25, 0.3) is 0 Å². The Morgan fingerprint density at radius 2 is 2.36 bits per heavy atom. The van der Waals surface area contributed by atoms with Crippen LogP contribution in [-0.4, -0.2) is 28.2 Å². The van der Waals surface area contributed by atoms with E-state index in [0.29, 0.717) is 11.9 Å². The van der Waals surface area contributed by atoms with Gasteiger partial charge in [0.15, 0.2) is 0 Å². The SMILES string of the molecule is CCCCC(C)N1CCCC(Br)C1=O. The summed E-state index contributed by atoms with van der Waals surface area (Å²) in [4.78, 5) is 13.9. The van der Waals surface area contributed by atoms with E-state index >= 15 is 0 Å². The van der Waals surface area contributed by atoms with Crippen molar-refractivity contribution in [2.45, 2.75) is 56.8 Å². The van der Waals surface area contributed by atoms with Crippen LogP contribution in [-0.2, 0) is 4.79 Å². The first-order chi connectivity index (χ1) is 6.66. The van der Waals surface area contributed by atoms with E-state index in [1.807, 2.05) is 4.90 Å². The van der Waals surface area contributed by atoms with Crippen molar-refractivity contribution in [3.8, 4) is 0 Å². The Hall–Kier alpha value is -0.0500. The van der Waals surface area contributed by atoms with E-state index in [4.69, 9.17) is 0 Å². The predicted octanol–water partition coefficient (Wildman–Crippen LogP) is 2.95. The summed E-state index contributed by atoms with van der Waals surface area (Å²) in [5, 5.41) is 0. The van der Waals surface area contributed by atoms with E-state index in [9.17, 15) is 4.79 Å². The van der Waals surface area contributed by atoms with E-state index in [-0.39, 0.29) is 4.83 Å². The number of hydrogen-bond acceptors (Lipinski definition) is 1. The molecule has 1 rings (SSSR count). The fourth-order valence-corrected chi connectivity index (χ4v) is 2.53. The molecule has 14 heavy (non-hydrogen) atoms.